The van der Waals surface area contributed by atoms with Crippen LogP contribution in [0.15, 0.2) is 24.3 Å². The van der Waals surface area contributed by atoms with E-state index in [0.717, 1.165) is 24.8 Å². The minimum absolute atomic E-state index is 0.100. The van der Waals surface area contributed by atoms with Crippen molar-refractivity contribution in [2.75, 3.05) is 17.3 Å². The van der Waals surface area contributed by atoms with Gasteiger partial charge in [0.25, 0.3) is 0 Å². The Bertz CT molecular complexity index is 639. The van der Waals surface area contributed by atoms with E-state index in [1.807, 2.05) is 12.1 Å². The lowest BCUT2D eigenvalue weighted by atomic mass is 10.2. The molecule has 1 aromatic carbocycles. The monoisotopic (exact) mass is 340 g/mol. The molecule has 1 unspecified atom stereocenters. The molecule has 2 rings (SSSR count). The molecule has 0 aromatic heterocycles. The predicted molar refractivity (Wildman–Crippen MR) is 90.3 cm³/mol. The maximum Gasteiger partial charge on any atom is 0.241 e. The van der Waals surface area contributed by atoms with Gasteiger partial charge in [0, 0.05) is 18.0 Å². The summed E-state index contributed by atoms with van der Waals surface area (Å²) in [6.07, 6.45) is 5.98. The van der Waals surface area contributed by atoms with Gasteiger partial charge >= 0.3 is 0 Å². The molecule has 1 aromatic rings. The molecule has 128 valence electrons. The van der Waals surface area contributed by atoms with Crippen LogP contribution in [0.4, 0.5) is 5.69 Å². The van der Waals surface area contributed by atoms with Crippen LogP contribution in [0, 0.1) is 0 Å². The van der Waals surface area contributed by atoms with E-state index in [1.165, 1.54) is 12.8 Å². The van der Waals surface area contributed by atoms with Gasteiger partial charge in [-0.2, -0.15) is 0 Å². The Morgan fingerprint density at radius 1 is 1.39 bits per heavy atom. The second kappa shape index (κ2) is 7.79. The second-order valence-electron chi connectivity index (χ2n) is 6.07. The molecular formula is C16H24N2O4S. The van der Waals surface area contributed by atoms with Crippen molar-refractivity contribution >= 4 is 21.4 Å². The fraction of sp³-hybridized carbons (Fsp3) is 0.562. The average molecular weight is 340 g/mol. The topological polar surface area (TPSA) is 98.5 Å². The summed E-state index contributed by atoms with van der Waals surface area (Å²) in [6, 6.07) is 6.32. The van der Waals surface area contributed by atoms with Crippen LogP contribution < -0.4 is 15.8 Å². The molecule has 0 saturated heterocycles. The number of carbonyl (C=O) groups excluding carboxylic acids is 1. The molecule has 23 heavy (non-hydrogen) atoms. The quantitative estimate of drug-likeness (QED) is 0.787. The first-order chi connectivity index (χ1) is 10.8. The number of rotatable bonds is 7. The van der Waals surface area contributed by atoms with E-state index in [2.05, 4.69) is 5.32 Å². The zero-order chi connectivity index (χ0) is 16.9. The van der Waals surface area contributed by atoms with Crippen molar-refractivity contribution in [1.29, 1.82) is 0 Å². The van der Waals surface area contributed by atoms with Crippen LogP contribution in [0.1, 0.15) is 32.1 Å². The lowest BCUT2D eigenvalue weighted by molar-refractivity contribution is -0.117. The van der Waals surface area contributed by atoms with Crippen LogP contribution in [-0.2, 0) is 14.6 Å². The molecule has 0 bridgehead atoms. The molecule has 0 spiro atoms. The van der Waals surface area contributed by atoms with Gasteiger partial charge in [-0.3, -0.25) is 4.79 Å². The smallest absolute Gasteiger partial charge is 0.241 e. The summed E-state index contributed by atoms with van der Waals surface area (Å²) in [5, 5.41) is 2.70. The number of amides is 1. The molecule has 1 aliphatic carbocycles. The molecular weight excluding hydrogens is 316 g/mol. The van der Waals surface area contributed by atoms with Crippen LogP contribution in [0.25, 0.3) is 0 Å². The zero-order valence-corrected chi connectivity index (χ0v) is 14.1. The largest absolute Gasteiger partial charge is 0.490 e. The van der Waals surface area contributed by atoms with Gasteiger partial charge in [-0.1, -0.05) is 6.07 Å². The van der Waals surface area contributed by atoms with Crippen LogP contribution in [0.3, 0.4) is 0 Å². The number of sulfone groups is 1. The van der Waals surface area contributed by atoms with E-state index in [9.17, 15) is 13.2 Å². The van der Waals surface area contributed by atoms with Crippen molar-refractivity contribution in [3.05, 3.63) is 24.3 Å². The van der Waals surface area contributed by atoms with Gasteiger partial charge in [0.15, 0.2) is 0 Å². The Morgan fingerprint density at radius 3 is 2.74 bits per heavy atom. The highest BCUT2D eigenvalue weighted by atomic mass is 32.2. The lowest BCUT2D eigenvalue weighted by Crippen LogP contribution is -2.37. The molecule has 1 atom stereocenters. The van der Waals surface area contributed by atoms with Gasteiger partial charge < -0.3 is 15.8 Å². The van der Waals surface area contributed by atoms with E-state index >= 15 is 0 Å². The summed E-state index contributed by atoms with van der Waals surface area (Å²) in [5.74, 6) is 0.220. The maximum absolute atomic E-state index is 12.0. The fourth-order valence-electron chi connectivity index (χ4n) is 2.55. The number of hydrogen-bond donors (Lipinski definition) is 2. The molecule has 0 radical (unpaired) electrons. The van der Waals surface area contributed by atoms with Gasteiger partial charge in [0.2, 0.25) is 5.91 Å². The summed E-state index contributed by atoms with van der Waals surface area (Å²) < 4.78 is 28.1. The van der Waals surface area contributed by atoms with Gasteiger partial charge in [-0.15, -0.1) is 0 Å². The predicted octanol–water partition coefficient (Wildman–Crippen LogP) is 1.71. The first kappa shape index (κ1) is 17.7. The van der Waals surface area contributed by atoms with Crippen LogP contribution >= 0.6 is 0 Å². The van der Waals surface area contributed by atoms with Crippen molar-refractivity contribution in [3.63, 3.8) is 0 Å². The number of hydrogen-bond acceptors (Lipinski definition) is 5. The molecule has 0 aliphatic heterocycles. The summed E-state index contributed by atoms with van der Waals surface area (Å²) in [4.78, 5) is 12.0. The third kappa shape index (κ3) is 6.19. The summed E-state index contributed by atoms with van der Waals surface area (Å²) >= 11 is 0. The number of carbonyl (C=O) groups is 1. The molecule has 1 saturated carbocycles. The molecule has 6 nitrogen and oxygen atoms in total. The molecule has 1 fully saturated rings. The summed E-state index contributed by atoms with van der Waals surface area (Å²) in [6.45, 7) is 0. The Hall–Kier alpha value is -1.60. The van der Waals surface area contributed by atoms with E-state index < -0.39 is 21.8 Å². The summed E-state index contributed by atoms with van der Waals surface area (Å²) in [5.41, 5.74) is 6.33. The van der Waals surface area contributed by atoms with E-state index in [4.69, 9.17) is 10.5 Å². The molecule has 3 N–H and O–H groups in total. The zero-order valence-electron chi connectivity index (χ0n) is 13.3. The van der Waals surface area contributed by atoms with Crippen molar-refractivity contribution in [1.82, 2.24) is 0 Å². The van der Waals surface area contributed by atoms with Gasteiger partial charge in [0.1, 0.15) is 15.6 Å². The van der Waals surface area contributed by atoms with Crippen molar-refractivity contribution in [3.8, 4) is 5.75 Å². The Morgan fingerprint density at radius 2 is 2.09 bits per heavy atom. The second-order valence-corrected chi connectivity index (χ2v) is 8.33. The van der Waals surface area contributed by atoms with Gasteiger partial charge in [-0.25, -0.2) is 8.42 Å². The Kier molecular flexibility index (Phi) is 6.01. The van der Waals surface area contributed by atoms with Crippen LogP contribution in [-0.4, -0.2) is 38.5 Å². The standard InChI is InChI=1S/C16H24N2O4S/c1-23(20,21)10-9-15(17)16(19)18-12-5-4-8-14(11-12)22-13-6-2-3-7-13/h4-5,8,11,13,15H,2-3,6-7,9-10,17H2,1H3,(H,18,19). The number of nitrogens with one attached hydrogen (secondary N) is 1. The van der Waals surface area contributed by atoms with Crippen molar-refractivity contribution < 1.29 is 17.9 Å². The Labute approximate surface area is 137 Å². The number of anilines is 1. The van der Waals surface area contributed by atoms with Gasteiger partial charge in [-0.05, 0) is 44.2 Å². The van der Waals surface area contributed by atoms with Crippen LogP contribution in [0.5, 0.6) is 5.75 Å². The average Bonchev–Trinajstić information content (AvgIpc) is 2.97. The van der Waals surface area contributed by atoms with Gasteiger partial charge in [0.05, 0.1) is 17.9 Å². The molecule has 0 heterocycles. The molecule has 7 heteroatoms. The number of benzene rings is 1. The molecule has 1 aliphatic rings. The third-order valence-corrected chi connectivity index (χ3v) is 4.82. The Balaban J connectivity index is 1.89. The molecule has 1 amide bonds. The van der Waals surface area contributed by atoms with E-state index in [0.29, 0.717) is 5.69 Å². The minimum atomic E-state index is -3.13. The minimum Gasteiger partial charge on any atom is -0.490 e. The first-order valence-corrected chi connectivity index (χ1v) is 9.90. The number of ether oxygens (including phenoxy) is 1. The highest BCUT2D eigenvalue weighted by Crippen LogP contribution is 2.25. The number of nitrogens with two attached hydrogens (primary N) is 1. The lowest BCUT2D eigenvalue weighted by Gasteiger charge is -2.15. The van der Waals surface area contributed by atoms with E-state index in [-0.39, 0.29) is 18.3 Å². The van der Waals surface area contributed by atoms with E-state index in [1.54, 1.807) is 12.1 Å². The third-order valence-electron chi connectivity index (χ3n) is 3.84. The normalized spacial score (nSPS) is 17.0. The highest BCUT2D eigenvalue weighted by molar-refractivity contribution is 7.90. The highest BCUT2D eigenvalue weighted by Gasteiger charge is 2.18. The SMILES string of the molecule is CS(=O)(=O)CCC(N)C(=O)Nc1cccc(OC2CCCC2)c1. The van der Waals surface area contributed by atoms with Crippen LogP contribution in [0.2, 0.25) is 0 Å². The van der Waals surface area contributed by atoms with Crippen molar-refractivity contribution in [2.45, 2.75) is 44.2 Å². The van der Waals surface area contributed by atoms with Crippen molar-refractivity contribution in [2.24, 2.45) is 5.73 Å². The summed E-state index contributed by atoms with van der Waals surface area (Å²) in [7, 11) is -3.13. The first-order valence-electron chi connectivity index (χ1n) is 7.84. The maximum atomic E-state index is 12.0. The fourth-order valence-corrected chi connectivity index (χ4v) is 3.23.